The molecule has 2 aromatic rings. The van der Waals surface area contributed by atoms with E-state index in [1.165, 1.54) is 0 Å². The molecule has 0 aliphatic carbocycles. The quantitative estimate of drug-likeness (QED) is 0.913. The zero-order chi connectivity index (χ0) is 16.4. The van der Waals surface area contributed by atoms with Crippen LogP contribution in [0, 0.1) is 5.92 Å². The van der Waals surface area contributed by atoms with Crippen molar-refractivity contribution in [2.75, 3.05) is 18.4 Å². The van der Waals surface area contributed by atoms with E-state index in [1.807, 2.05) is 50.2 Å². The second kappa shape index (κ2) is 6.69. The lowest BCUT2D eigenvalue weighted by atomic mass is 10.0. The second-order valence-corrected chi connectivity index (χ2v) is 6.51. The molecule has 1 heterocycles. The predicted octanol–water partition coefficient (Wildman–Crippen LogP) is 2.87. The number of nitrogens with one attached hydrogen (secondary N) is 1. The number of aliphatic hydroxyl groups excluding tert-OH is 1. The molecule has 1 aliphatic rings. The largest absolute Gasteiger partial charge is 0.393 e. The fraction of sp³-hybridized carbons (Fsp3) is 0.421. The maximum atomic E-state index is 12.5. The Bertz CT molecular complexity index is 699. The minimum atomic E-state index is -0.309. The summed E-state index contributed by atoms with van der Waals surface area (Å²) in [7, 11) is 0. The number of fused-ring (bicyclic) bond motifs is 1. The maximum Gasteiger partial charge on any atom is 0.241 e. The van der Waals surface area contributed by atoms with Crippen LogP contribution in [0.4, 0.5) is 5.69 Å². The predicted molar refractivity (Wildman–Crippen MR) is 93.4 cm³/mol. The van der Waals surface area contributed by atoms with Crippen molar-refractivity contribution in [1.82, 2.24) is 4.90 Å². The Balaban J connectivity index is 1.65. The summed E-state index contributed by atoms with van der Waals surface area (Å²) >= 11 is 0. The van der Waals surface area contributed by atoms with Gasteiger partial charge in [-0.25, -0.2) is 0 Å². The number of nitrogens with zero attached hydrogens (tertiary/aromatic N) is 1. The lowest BCUT2D eigenvalue weighted by molar-refractivity contribution is -0.120. The Morgan fingerprint density at radius 1 is 1.22 bits per heavy atom. The molecular weight excluding hydrogens is 288 g/mol. The van der Waals surface area contributed by atoms with Crippen molar-refractivity contribution >= 4 is 22.4 Å². The van der Waals surface area contributed by atoms with Gasteiger partial charge in [-0.15, -0.1) is 0 Å². The Morgan fingerprint density at radius 3 is 2.65 bits per heavy atom. The van der Waals surface area contributed by atoms with Crippen LogP contribution < -0.4 is 5.32 Å². The van der Waals surface area contributed by atoms with Crippen molar-refractivity contribution in [3.05, 3.63) is 42.5 Å². The molecule has 0 spiro atoms. The molecule has 0 bridgehead atoms. The van der Waals surface area contributed by atoms with Crippen LogP contribution in [-0.4, -0.2) is 41.1 Å². The molecule has 3 unspecified atom stereocenters. The van der Waals surface area contributed by atoms with Gasteiger partial charge in [0, 0.05) is 12.2 Å². The summed E-state index contributed by atoms with van der Waals surface area (Å²) in [6.45, 7) is 5.40. The van der Waals surface area contributed by atoms with Crippen LogP contribution in [0.15, 0.2) is 42.5 Å². The Morgan fingerprint density at radius 2 is 1.96 bits per heavy atom. The van der Waals surface area contributed by atoms with Crippen LogP contribution in [0.1, 0.15) is 20.3 Å². The highest BCUT2D eigenvalue weighted by Gasteiger charge is 2.31. The lowest BCUT2D eigenvalue weighted by Gasteiger charge is -2.24. The third-order valence-electron chi connectivity index (χ3n) is 4.88. The van der Waals surface area contributed by atoms with E-state index in [0.29, 0.717) is 0 Å². The molecule has 4 nitrogen and oxygen atoms in total. The number of benzene rings is 2. The van der Waals surface area contributed by atoms with Crippen molar-refractivity contribution in [2.24, 2.45) is 5.92 Å². The highest BCUT2D eigenvalue weighted by Crippen LogP contribution is 2.23. The fourth-order valence-electron chi connectivity index (χ4n) is 3.24. The Hall–Kier alpha value is -1.91. The number of hydrogen-bond donors (Lipinski definition) is 2. The normalized spacial score (nSPS) is 21.3. The number of aliphatic hydroxyl groups is 1. The van der Waals surface area contributed by atoms with E-state index in [9.17, 15) is 9.90 Å². The van der Waals surface area contributed by atoms with Crippen LogP contribution in [0.2, 0.25) is 0 Å². The number of carbonyl (C=O) groups excluding carboxylic acids is 1. The summed E-state index contributed by atoms with van der Waals surface area (Å²) in [5.74, 6) is 0.275. The molecule has 0 radical (unpaired) electrons. The van der Waals surface area contributed by atoms with Gasteiger partial charge in [0.2, 0.25) is 5.91 Å². The molecule has 3 atom stereocenters. The molecule has 2 aromatic carbocycles. The van der Waals surface area contributed by atoms with Crippen molar-refractivity contribution < 1.29 is 9.90 Å². The smallest absolute Gasteiger partial charge is 0.241 e. The number of hydrogen-bond acceptors (Lipinski definition) is 3. The highest BCUT2D eigenvalue weighted by atomic mass is 16.3. The molecular formula is C19H24N2O2. The summed E-state index contributed by atoms with van der Waals surface area (Å²) < 4.78 is 0. The number of rotatable bonds is 4. The first kappa shape index (κ1) is 16.0. The molecule has 1 saturated heterocycles. The number of amides is 1. The van der Waals surface area contributed by atoms with Crippen molar-refractivity contribution in [3.8, 4) is 0 Å². The van der Waals surface area contributed by atoms with E-state index >= 15 is 0 Å². The molecule has 122 valence electrons. The summed E-state index contributed by atoms with van der Waals surface area (Å²) in [6.07, 6.45) is 0.640. The third kappa shape index (κ3) is 3.54. The number of carbonyl (C=O) groups is 1. The van der Waals surface area contributed by atoms with Gasteiger partial charge in [-0.1, -0.05) is 30.3 Å². The zero-order valence-electron chi connectivity index (χ0n) is 13.7. The molecule has 1 amide bonds. The zero-order valence-corrected chi connectivity index (χ0v) is 13.7. The Kier molecular flexibility index (Phi) is 4.64. The highest BCUT2D eigenvalue weighted by molar-refractivity contribution is 5.97. The van der Waals surface area contributed by atoms with E-state index in [4.69, 9.17) is 0 Å². The second-order valence-electron chi connectivity index (χ2n) is 6.51. The van der Waals surface area contributed by atoms with Gasteiger partial charge >= 0.3 is 0 Å². The molecule has 1 aliphatic heterocycles. The molecule has 3 rings (SSSR count). The van der Waals surface area contributed by atoms with Gasteiger partial charge in [0.25, 0.3) is 0 Å². The van der Waals surface area contributed by atoms with Gasteiger partial charge < -0.3 is 10.4 Å². The summed E-state index contributed by atoms with van der Waals surface area (Å²) in [6, 6.07) is 13.9. The van der Waals surface area contributed by atoms with Gasteiger partial charge in [-0.05, 0) is 55.6 Å². The third-order valence-corrected chi connectivity index (χ3v) is 4.88. The summed E-state index contributed by atoms with van der Waals surface area (Å²) in [4.78, 5) is 14.6. The number of anilines is 1. The fourth-order valence-corrected chi connectivity index (χ4v) is 3.24. The van der Waals surface area contributed by atoms with Crippen LogP contribution >= 0.6 is 0 Å². The van der Waals surface area contributed by atoms with Crippen LogP contribution in [-0.2, 0) is 4.79 Å². The van der Waals surface area contributed by atoms with Crippen molar-refractivity contribution in [1.29, 1.82) is 0 Å². The molecule has 2 N–H and O–H groups in total. The topological polar surface area (TPSA) is 52.6 Å². The van der Waals surface area contributed by atoms with Crippen molar-refractivity contribution in [3.63, 3.8) is 0 Å². The first-order chi connectivity index (χ1) is 11.0. The minimum Gasteiger partial charge on any atom is -0.393 e. The van der Waals surface area contributed by atoms with Crippen LogP contribution in [0.25, 0.3) is 10.8 Å². The molecule has 0 aromatic heterocycles. The van der Waals surface area contributed by atoms with Gasteiger partial charge in [-0.2, -0.15) is 0 Å². The number of likely N-dealkylation sites (tertiary alicyclic amines) is 1. The standard InChI is InChI=1S/C19H24N2O2/c1-13(21-10-9-17(12-21)14(2)22)19(23)20-18-8-7-15-5-3-4-6-16(15)11-18/h3-8,11,13-14,17,22H,9-10,12H2,1-2H3,(H,20,23). The first-order valence-electron chi connectivity index (χ1n) is 8.26. The molecule has 23 heavy (non-hydrogen) atoms. The van der Waals surface area contributed by atoms with E-state index in [2.05, 4.69) is 16.3 Å². The molecule has 1 fully saturated rings. The van der Waals surface area contributed by atoms with E-state index in [0.717, 1.165) is 36.0 Å². The monoisotopic (exact) mass is 312 g/mol. The van der Waals surface area contributed by atoms with E-state index in [1.54, 1.807) is 0 Å². The first-order valence-corrected chi connectivity index (χ1v) is 8.26. The van der Waals surface area contributed by atoms with E-state index < -0.39 is 0 Å². The molecule has 4 heteroatoms. The lowest BCUT2D eigenvalue weighted by Crippen LogP contribution is -2.41. The van der Waals surface area contributed by atoms with Gasteiger partial charge in [-0.3, -0.25) is 9.69 Å². The molecule has 0 saturated carbocycles. The van der Waals surface area contributed by atoms with Gasteiger partial charge in [0.05, 0.1) is 12.1 Å². The van der Waals surface area contributed by atoms with Crippen LogP contribution in [0.3, 0.4) is 0 Å². The summed E-state index contributed by atoms with van der Waals surface area (Å²) in [5.41, 5.74) is 0.826. The maximum absolute atomic E-state index is 12.5. The minimum absolute atomic E-state index is 0.00604. The average Bonchev–Trinajstić information content (AvgIpc) is 3.04. The Labute approximate surface area is 137 Å². The van der Waals surface area contributed by atoms with Gasteiger partial charge in [0.1, 0.15) is 0 Å². The van der Waals surface area contributed by atoms with Gasteiger partial charge in [0.15, 0.2) is 0 Å². The SMILES string of the molecule is CC(O)C1CCN(C(C)C(=O)Nc2ccc3ccccc3c2)C1. The van der Waals surface area contributed by atoms with Crippen LogP contribution in [0.5, 0.6) is 0 Å². The van der Waals surface area contributed by atoms with E-state index in [-0.39, 0.29) is 24.0 Å². The average molecular weight is 312 g/mol. The summed E-state index contributed by atoms with van der Waals surface area (Å²) in [5, 5.41) is 15.0. The van der Waals surface area contributed by atoms with Crippen molar-refractivity contribution in [2.45, 2.75) is 32.4 Å².